The molecule has 0 saturated heterocycles. The largest absolute Gasteiger partial charge is 0.425 e. The average molecular weight is 560 g/mol. The number of hydrogen-bond donors (Lipinski definition) is 4. The Morgan fingerprint density at radius 3 is 1.63 bits per heavy atom. The minimum Gasteiger partial charge on any atom is -0.425 e. The summed E-state index contributed by atoms with van der Waals surface area (Å²) in [6.07, 6.45) is 5.38. The molecule has 0 atom stereocenters. The van der Waals surface area contributed by atoms with Crippen LogP contribution in [0.5, 0.6) is 0 Å². The molecular weight excluding hydrogens is 526 g/mol. The number of carbonyl (C=O) groups is 2. The van der Waals surface area contributed by atoms with E-state index in [-0.39, 0.29) is 30.5 Å². The molecule has 1 aliphatic rings. The Morgan fingerprint density at radius 2 is 1.17 bits per heavy atom. The van der Waals surface area contributed by atoms with Gasteiger partial charge in [-0.3, -0.25) is 24.1 Å². The summed E-state index contributed by atoms with van der Waals surface area (Å²) < 4.78 is 0.749. The monoisotopic (exact) mass is 559 g/mol. The maximum atomic E-state index is 12.9. The first-order valence-electron chi connectivity index (χ1n) is 13.8. The van der Waals surface area contributed by atoms with Gasteiger partial charge in [0.2, 0.25) is 0 Å². The maximum absolute atomic E-state index is 12.9. The molecule has 0 aliphatic heterocycles. The first kappa shape index (κ1) is 27.9. The van der Waals surface area contributed by atoms with Gasteiger partial charge in [0, 0.05) is 32.2 Å². The molecule has 4 N–H and O–H groups in total. The molecule has 0 unspecified atom stereocenters. The summed E-state index contributed by atoms with van der Waals surface area (Å²) in [6.45, 7) is 1.53. The Bertz CT molecular complexity index is 1590. The Balaban J connectivity index is 1.22. The van der Waals surface area contributed by atoms with Gasteiger partial charge in [-0.25, -0.2) is 0 Å². The van der Waals surface area contributed by atoms with E-state index in [1.54, 1.807) is 48.5 Å². The number of pyridine rings is 2. The van der Waals surface area contributed by atoms with Crippen LogP contribution < -0.4 is 21.8 Å². The Hall–Kier alpha value is -4.64. The van der Waals surface area contributed by atoms with Crippen LogP contribution in [-0.4, -0.2) is 68.8 Å². The van der Waals surface area contributed by atoms with Gasteiger partial charge >= 0.3 is 0 Å². The highest BCUT2D eigenvalue weighted by molar-refractivity contribution is 5.97. The second-order valence-electron chi connectivity index (χ2n) is 10.3. The van der Waals surface area contributed by atoms with Crippen molar-refractivity contribution < 1.29 is 20.0 Å². The summed E-state index contributed by atoms with van der Waals surface area (Å²) in [7, 11) is 0. The third-order valence-electron chi connectivity index (χ3n) is 7.73. The lowest BCUT2D eigenvalue weighted by molar-refractivity contribution is 0.0874. The van der Waals surface area contributed by atoms with Crippen molar-refractivity contribution in [3.63, 3.8) is 0 Å². The van der Waals surface area contributed by atoms with E-state index in [1.807, 2.05) is 0 Å². The molecule has 2 aromatic heterocycles. The normalized spacial score (nSPS) is 14.0. The van der Waals surface area contributed by atoms with Crippen LogP contribution in [0.4, 0.5) is 0 Å². The fourth-order valence-corrected chi connectivity index (χ4v) is 5.55. The van der Waals surface area contributed by atoms with Crippen LogP contribution >= 0.6 is 0 Å². The minimum absolute atomic E-state index is 0.143. The summed E-state index contributed by atoms with van der Waals surface area (Å²) in [5.41, 5.74) is -1.61. The molecule has 0 radical (unpaired) electrons. The van der Waals surface area contributed by atoms with Crippen molar-refractivity contribution in [3.05, 3.63) is 92.8 Å². The number of carbonyl (C=O) groups excluding carboxylic acids is 2. The first-order chi connectivity index (χ1) is 19.8. The molecule has 11 heteroatoms. The van der Waals surface area contributed by atoms with Gasteiger partial charge in [-0.05, 0) is 47.9 Å². The van der Waals surface area contributed by atoms with Crippen LogP contribution in [0.1, 0.15) is 53.1 Å². The molecule has 5 rings (SSSR count). The molecule has 4 aromatic rings. The van der Waals surface area contributed by atoms with Crippen molar-refractivity contribution >= 4 is 33.4 Å². The van der Waals surface area contributed by atoms with E-state index in [0.29, 0.717) is 44.1 Å². The van der Waals surface area contributed by atoms with E-state index in [0.717, 1.165) is 25.7 Å². The number of fused-ring (bicyclic) bond motifs is 2. The standard InChI is InChI=1S/C30H33N5O6/c36-27(25-18-20-8-4-6-12-23(20)29(38)34(25)40)31-14-16-33(22-10-2-1-3-11-22)17-15-32-28(37)26-19-21-9-5-7-13-24(21)30(39)35(26)41/h4-9,12-13,18-19,22,40-41H,1-3,10-11,14-17H2,(H,31,36)(H,32,37). The fourth-order valence-electron chi connectivity index (χ4n) is 5.55. The zero-order valence-corrected chi connectivity index (χ0v) is 22.6. The maximum Gasteiger partial charge on any atom is 0.291 e. The molecule has 2 amide bonds. The highest BCUT2D eigenvalue weighted by Crippen LogP contribution is 2.22. The highest BCUT2D eigenvalue weighted by Gasteiger charge is 2.22. The van der Waals surface area contributed by atoms with Crippen molar-refractivity contribution in [2.75, 3.05) is 26.2 Å². The number of nitrogens with one attached hydrogen (secondary N) is 2. The number of benzene rings is 2. The van der Waals surface area contributed by atoms with Gasteiger partial charge in [-0.1, -0.05) is 55.7 Å². The van der Waals surface area contributed by atoms with Crippen LogP contribution in [0.3, 0.4) is 0 Å². The topological polar surface area (TPSA) is 146 Å². The number of hydrogen-bond acceptors (Lipinski definition) is 7. The van der Waals surface area contributed by atoms with Crippen LogP contribution in [-0.2, 0) is 0 Å². The van der Waals surface area contributed by atoms with Crippen molar-refractivity contribution in [2.24, 2.45) is 0 Å². The van der Waals surface area contributed by atoms with E-state index >= 15 is 0 Å². The number of amides is 2. The summed E-state index contributed by atoms with van der Waals surface area (Å²) in [5, 5.41) is 27.9. The lowest BCUT2D eigenvalue weighted by Gasteiger charge is -2.34. The van der Waals surface area contributed by atoms with Crippen molar-refractivity contribution in [3.8, 4) is 0 Å². The van der Waals surface area contributed by atoms with E-state index in [9.17, 15) is 29.6 Å². The molecular formula is C30H33N5O6. The molecule has 0 spiro atoms. The van der Waals surface area contributed by atoms with Gasteiger partial charge in [0.1, 0.15) is 11.4 Å². The van der Waals surface area contributed by atoms with Crippen molar-refractivity contribution in [1.82, 2.24) is 25.0 Å². The van der Waals surface area contributed by atoms with Crippen LogP contribution in [0.2, 0.25) is 0 Å². The predicted octanol–water partition coefficient (Wildman–Crippen LogP) is 2.59. The highest BCUT2D eigenvalue weighted by atomic mass is 16.5. The molecule has 2 heterocycles. The minimum atomic E-state index is -0.660. The molecule has 41 heavy (non-hydrogen) atoms. The second kappa shape index (κ2) is 12.3. The van der Waals surface area contributed by atoms with Gasteiger partial charge < -0.3 is 21.0 Å². The fraction of sp³-hybridized carbons (Fsp3) is 0.333. The van der Waals surface area contributed by atoms with E-state index in [1.165, 1.54) is 18.6 Å². The van der Waals surface area contributed by atoms with E-state index < -0.39 is 22.9 Å². The average Bonchev–Trinajstić information content (AvgIpc) is 3.00. The van der Waals surface area contributed by atoms with Gasteiger partial charge in [0.15, 0.2) is 0 Å². The molecule has 0 bridgehead atoms. The molecule has 214 valence electrons. The van der Waals surface area contributed by atoms with Gasteiger partial charge in [0.25, 0.3) is 22.9 Å². The van der Waals surface area contributed by atoms with Crippen LogP contribution in [0, 0.1) is 0 Å². The third-order valence-corrected chi connectivity index (χ3v) is 7.73. The Labute approximate surface area is 235 Å². The van der Waals surface area contributed by atoms with E-state index in [4.69, 9.17) is 0 Å². The lowest BCUT2D eigenvalue weighted by Crippen LogP contribution is -2.46. The molecule has 2 aromatic carbocycles. The smallest absolute Gasteiger partial charge is 0.291 e. The third kappa shape index (κ3) is 5.94. The zero-order valence-electron chi connectivity index (χ0n) is 22.6. The quantitative estimate of drug-likeness (QED) is 0.231. The number of rotatable bonds is 9. The summed E-state index contributed by atoms with van der Waals surface area (Å²) in [4.78, 5) is 52.9. The Kier molecular flexibility index (Phi) is 8.34. The summed E-state index contributed by atoms with van der Waals surface area (Å²) in [5.74, 6) is -1.13. The van der Waals surface area contributed by atoms with E-state index in [2.05, 4.69) is 15.5 Å². The molecule has 1 saturated carbocycles. The molecule has 11 nitrogen and oxygen atoms in total. The van der Waals surface area contributed by atoms with Crippen LogP contribution in [0.15, 0.2) is 70.3 Å². The van der Waals surface area contributed by atoms with Crippen molar-refractivity contribution in [2.45, 2.75) is 38.1 Å². The van der Waals surface area contributed by atoms with Gasteiger partial charge in [-0.2, -0.15) is 0 Å². The van der Waals surface area contributed by atoms with Crippen molar-refractivity contribution in [1.29, 1.82) is 0 Å². The summed E-state index contributed by atoms with van der Waals surface area (Å²) in [6, 6.07) is 16.7. The number of nitrogens with zero attached hydrogens (tertiary/aromatic N) is 3. The zero-order chi connectivity index (χ0) is 28.9. The van der Waals surface area contributed by atoms with Gasteiger partial charge in [0.05, 0.1) is 10.8 Å². The SMILES string of the molecule is O=C(NCCN(CCNC(=O)c1cc2ccccc2c(=O)n1O)C1CCCCC1)c1cc2ccccc2c(=O)n1O. The number of aromatic nitrogens is 2. The molecule has 1 aliphatic carbocycles. The summed E-state index contributed by atoms with van der Waals surface area (Å²) >= 11 is 0. The second-order valence-corrected chi connectivity index (χ2v) is 10.3. The van der Waals surface area contributed by atoms with Crippen LogP contribution in [0.25, 0.3) is 21.5 Å². The molecule has 1 fully saturated rings. The van der Waals surface area contributed by atoms with Gasteiger partial charge in [-0.15, -0.1) is 9.46 Å². The first-order valence-corrected chi connectivity index (χ1v) is 13.8. The Morgan fingerprint density at radius 1 is 0.732 bits per heavy atom. The predicted molar refractivity (Wildman–Crippen MR) is 154 cm³/mol. The lowest BCUT2D eigenvalue weighted by atomic mass is 9.94.